The predicted molar refractivity (Wildman–Crippen MR) is 72.9 cm³/mol. The minimum absolute atomic E-state index is 0.0725. The summed E-state index contributed by atoms with van der Waals surface area (Å²) in [4.78, 5) is 13.9. The molecule has 0 N–H and O–H groups in total. The van der Waals surface area contributed by atoms with Gasteiger partial charge in [-0.25, -0.2) is 0 Å². The van der Waals surface area contributed by atoms with E-state index in [9.17, 15) is 4.79 Å². The maximum absolute atomic E-state index is 12.0. The van der Waals surface area contributed by atoms with Crippen molar-refractivity contribution >= 4 is 11.6 Å². The summed E-state index contributed by atoms with van der Waals surface area (Å²) < 4.78 is 5.13. The first-order valence-corrected chi connectivity index (χ1v) is 6.20. The highest BCUT2D eigenvalue weighted by molar-refractivity contribution is 6.03. The molecule has 1 fully saturated rings. The fourth-order valence-electron chi connectivity index (χ4n) is 2.43. The minimum atomic E-state index is 0.0725. The third-order valence-electron chi connectivity index (χ3n) is 3.65. The van der Waals surface area contributed by atoms with Crippen molar-refractivity contribution < 1.29 is 9.53 Å². The van der Waals surface area contributed by atoms with Crippen molar-refractivity contribution in [2.24, 2.45) is 5.92 Å². The van der Waals surface area contributed by atoms with Crippen LogP contribution in [0.4, 0.5) is 5.69 Å². The third kappa shape index (κ3) is 1.90. The number of hydrogen-bond acceptors (Lipinski definition) is 2. The summed E-state index contributed by atoms with van der Waals surface area (Å²) >= 11 is 0. The van der Waals surface area contributed by atoms with E-state index in [1.807, 2.05) is 43.0 Å². The van der Waals surface area contributed by atoms with Crippen LogP contribution in [0.5, 0.6) is 5.75 Å². The second-order valence-electron chi connectivity index (χ2n) is 4.67. The molecule has 1 aromatic carbocycles. The SMILES string of the molecule is C/C=C(\C)[C@@H]1[C@@H](C)C(=O)N1c1ccc(OC)cc1. The van der Waals surface area contributed by atoms with E-state index >= 15 is 0 Å². The van der Waals surface area contributed by atoms with Crippen LogP contribution in [0, 0.1) is 5.92 Å². The van der Waals surface area contributed by atoms with E-state index in [1.165, 1.54) is 5.57 Å². The van der Waals surface area contributed by atoms with Crippen LogP contribution in [0.2, 0.25) is 0 Å². The van der Waals surface area contributed by atoms with Crippen LogP contribution in [-0.2, 0) is 4.79 Å². The quantitative estimate of drug-likeness (QED) is 0.605. The highest BCUT2D eigenvalue weighted by Crippen LogP contribution is 2.36. The number of hydrogen-bond donors (Lipinski definition) is 0. The van der Waals surface area contributed by atoms with Gasteiger partial charge in [-0.2, -0.15) is 0 Å². The minimum Gasteiger partial charge on any atom is -0.497 e. The lowest BCUT2D eigenvalue weighted by molar-refractivity contribution is -0.128. The van der Waals surface area contributed by atoms with Gasteiger partial charge in [0.15, 0.2) is 0 Å². The van der Waals surface area contributed by atoms with Crippen LogP contribution in [0.1, 0.15) is 20.8 Å². The summed E-state index contributed by atoms with van der Waals surface area (Å²) in [6, 6.07) is 7.81. The van der Waals surface area contributed by atoms with Crippen LogP contribution in [-0.4, -0.2) is 19.1 Å². The maximum atomic E-state index is 12.0. The first-order valence-electron chi connectivity index (χ1n) is 6.20. The molecular formula is C15H19NO2. The van der Waals surface area contributed by atoms with Crippen LogP contribution >= 0.6 is 0 Å². The lowest BCUT2D eigenvalue weighted by atomic mass is 9.83. The molecule has 2 atom stereocenters. The molecule has 1 heterocycles. The van der Waals surface area contributed by atoms with Crippen LogP contribution in [0.15, 0.2) is 35.9 Å². The van der Waals surface area contributed by atoms with Crippen molar-refractivity contribution in [2.75, 3.05) is 12.0 Å². The fraction of sp³-hybridized carbons (Fsp3) is 0.400. The molecule has 0 radical (unpaired) electrons. The Bertz CT molecular complexity index is 476. The maximum Gasteiger partial charge on any atom is 0.232 e. The normalized spacial score (nSPS) is 23.9. The Balaban J connectivity index is 2.28. The number of anilines is 1. The van der Waals surface area contributed by atoms with E-state index in [2.05, 4.69) is 13.0 Å². The molecule has 0 saturated carbocycles. The molecule has 1 amide bonds. The predicted octanol–water partition coefficient (Wildman–Crippen LogP) is 3.01. The number of benzene rings is 1. The number of nitrogens with zero attached hydrogens (tertiary/aromatic N) is 1. The molecule has 0 spiro atoms. The van der Waals surface area contributed by atoms with Crippen molar-refractivity contribution in [3.63, 3.8) is 0 Å². The van der Waals surface area contributed by atoms with E-state index in [-0.39, 0.29) is 17.9 Å². The monoisotopic (exact) mass is 245 g/mol. The molecular weight excluding hydrogens is 226 g/mol. The number of ether oxygens (including phenoxy) is 1. The number of carbonyl (C=O) groups is 1. The average molecular weight is 245 g/mol. The zero-order valence-corrected chi connectivity index (χ0v) is 11.3. The number of methoxy groups -OCH3 is 1. The van der Waals surface area contributed by atoms with Crippen molar-refractivity contribution in [2.45, 2.75) is 26.8 Å². The van der Waals surface area contributed by atoms with Crippen LogP contribution < -0.4 is 9.64 Å². The molecule has 2 rings (SSSR count). The van der Waals surface area contributed by atoms with Gasteiger partial charge in [0.05, 0.1) is 19.1 Å². The number of carbonyl (C=O) groups excluding carboxylic acids is 1. The number of allylic oxidation sites excluding steroid dienone is 1. The summed E-state index contributed by atoms with van der Waals surface area (Å²) in [5, 5.41) is 0. The van der Waals surface area contributed by atoms with Gasteiger partial charge in [-0.1, -0.05) is 18.6 Å². The average Bonchev–Trinajstić information content (AvgIpc) is 2.43. The summed E-state index contributed by atoms with van der Waals surface area (Å²) in [5.74, 6) is 1.06. The van der Waals surface area contributed by atoms with E-state index in [0.717, 1.165) is 11.4 Å². The number of β-lactam (4-membered cyclic amide) rings is 1. The van der Waals surface area contributed by atoms with Gasteiger partial charge in [0.1, 0.15) is 5.75 Å². The van der Waals surface area contributed by atoms with Crippen molar-refractivity contribution in [3.05, 3.63) is 35.9 Å². The Morgan fingerprint density at radius 2 is 1.94 bits per heavy atom. The Labute approximate surface area is 108 Å². The van der Waals surface area contributed by atoms with Gasteiger partial charge in [-0.05, 0) is 38.1 Å². The first kappa shape index (κ1) is 12.7. The van der Waals surface area contributed by atoms with Gasteiger partial charge in [0.25, 0.3) is 0 Å². The summed E-state index contributed by atoms with van der Waals surface area (Å²) in [6.07, 6.45) is 2.07. The highest BCUT2D eigenvalue weighted by Gasteiger charge is 2.45. The molecule has 18 heavy (non-hydrogen) atoms. The molecule has 0 unspecified atom stereocenters. The Morgan fingerprint density at radius 1 is 1.33 bits per heavy atom. The molecule has 3 heteroatoms. The molecule has 1 aromatic rings. The van der Waals surface area contributed by atoms with E-state index in [0.29, 0.717) is 0 Å². The molecule has 1 aliphatic rings. The van der Waals surface area contributed by atoms with Gasteiger partial charge >= 0.3 is 0 Å². The Kier molecular flexibility index (Phi) is 3.41. The fourth-order valence-corrected chi connectivity index (χ4v) is 2.43. The molecule has 0 bridgehead atoms. The second kappa shape index (κ2) is 4.84. The second-order valence-corrected chi connectivity index (χ2v) is 4.67. The highest BCUT2D eigenvalue weighted by atomic mass is 16.5. The van der Waals surface area contributed by atoms with Gasteiger partial charge < -0.3 is 9.64 Å². The molecule has 0 aliphatic carbocycles. The molecule has 1 saturated heterocycles. The van der Waals surface area contributed by atoms with Crippen molar-refractivity contribution in [1.29, 1.82) is 0 Å². The van der Waals surface area contributed by atoms with E-state index < -0.39 is 0 Å². The molecule has 1 aliphatic heterocycles. The van der Waals surface area contributed by atoms with Gasteiger partial charge in [0.2, 0.25) is 5.91 Å². The van der Waals surface area contributed by atoms with E-state index in [1.54, 1.807) is 7.11 Å². The Morgan fingerprint density at radius 3 is 2.44 bits per heavy atom. The van der Waals surface area contributed by atoms with E-state index in [4.69, 9.17) is 4.74 Å². The zero-order chi connectivity index (χ0) is 13.3. The van der Waals surface area contributed by atoms with Crippen LogP contribution in [0.25, 0.3) is 0 Å². The van der Waals surface area contributed by atoms with Crippen LogP contribution in [0.3, 0.4) is 0 Å². The molecule has 0 aromatic heterocycles. The largest absolute Gasteiger partial charge is 0.497 e. The van der Waals surface area contributed by atoms with Crippen molar-refractivity contribution in [1.82, 2.24) is 0 Å². The third-order valence-corrected chi connectivity index (χ3v) is 3.65. The number of amides is 1. The lowest BCUT2D eigenvalue weighted by Gasteiger charge is -2.46. The lowest BCUT2D eigenvalue weighted by Crippen LogP contribution is -2.60. The van der Waals surface area contributed by atoms with Gasteiger partial charge in [0, 0.05) is 5.69 Å². The zero-order valence-electron chi connectivity index (χ0n) is 11.3. The summed E-state index contributed by atoms with van der Waals surface area (Å²) in [7, 11) is 1.64. The molecule has 3 nitrogen and oxygen atoms in total. The standard InChI is InChI=1S/C15H19NO2/c1-5-10(2)14-11(3)15(17)16(14)12-6-8-13(18-4)9-7-12/h5-9,11,14H,1-4H3/b10-5+/t11-,14-/m1/s1. The summed E-state index contributed by atoms with van der Waals surface area (Å²) in [6.45, 7) is 6.07. The van der Waals surface area contributed by atoms with Crippen molar-refractivity contribution in [3.8, 4) is 5.75 Å². The summed E-state index contributed by atoms with van der Waals surface area (Å²) in [5.41, 5.74) is 2.17. The van der Waals surface area contributed by atoms with Gasteiger partial charge in [-0.3, -0.25) is 4.79 Å². The Hall–Kier alpha value is -1.77. The van der Waals surface area contributed by atoms with Gasteiger partial charge in [-0.15, -0.1) is 0 Å². The first-order chi connectivity index (χ1) is 8.60. The topological polar surface area (TPSA) is 29.5 Å². The smallest absolute Gasteiger partial charge is 0.232 e. The molecule has 96 valence electrons. The number of rotatable bonds is 3.